The Morgan fingerprint density at radius 3 is 2.52 bits per heavy atom. The molecule has 0 saturated heterocycles. The van der Waals surface area contributed by atoms with Gasteiger partial charge in [-0.3, -0.25) is 5.10 Å². The first-order valence-corrected chi connectivity index (χ1v) is 7.13. The quantitative estimate of drug-likeness (QED) is 0.596. The van der Waals surface area contributed by atoms with Crippen LogP contribution in [0.1, 0.15) is 11.1 Å². The highest BCUT2D eigenvalue weighted by molar-refractivity contribution is 5.93. The smallest absolute Gasteiger partial charge is 0.126 e. The third kappa shape index (κ3) is 2.61. The topological polar surface area (TPSA) is 41.8 Å². The summed E-state index contributed by atoms with van der Waals surface area (Å²) in [7, 11) is 0. The number of furan rings is 1. The van der Waals surface area contributed by atoms with E-state index in [-0.39, 0.29) is 0 Å². The molecule has 23 heavy (non-hydrogen) atoms. The summed E-state index contributed by atoms with van der Waals surface area (Å²) in [4.78, 5) is 0. The molecule has 4 aromatic rings. The van der Waals surface area contributed by atoms with Gasteiger partial charge >= 0.3 is 0 Å². The first kappa shape index (κ1) is 13.7. The van der Waals surface area contributed by atoms with E-state index in [4.69, 9.17) is 4.42 Å². The molecule has 2 aromatic carbocycles. The van der Waals surface area contributed by atoms with Crippen LogP contribution in [-0.4, -0.2) is 10.2 Å². The van der Waals surface area contributed by atoms with Crippen molar-refractivity contribution in [3.05, 3.63) is 77.8 Å². The first-order valence-electron chi connectivity index (χ1n) is 7.13. The van der Waals surface area contributed by atoms with Crippen molar-refractivity contribution < 1.29 is 13.2 Å². The Morgan fingerprint density at radius 2 is 1.78 bits per heavy atom. The fourth-order valence-corrected chi connectivity index (χ4v) is 2.74. The monoisotopic (exact) mass is 310 g/mol. The average Bonchev–Trinajstić information content (AvgIpc) is 3.14. The zero-order chi connectivity index (χ0) is 15.8. The van der Waals surface area contributed by atoms with Crippen molar-refractivity contribution in [2.75, 3.05) is 0 Å². The molecule has 0 saturated carbocycles. The average molecular weight is 310 g/mol. The molecule has 0 spiro atoms. The maximum absolute atomic E-state index is 13.3. The molecular formula is C18H12F2N2O. The number of H-pyrrole nitrogens is 1. The van der Waals surface area contributed by atoms with Crippen LogP contribution in [0.3, 0.4) is 0 Å². The number of fused-ring (bicyclic) bond motifs is 1. The predicted octanol–water partition coefficient (Wildman–Crippen LogP) is 4.69. The van der Waals surface area contributed by atoms with Gasteiger partial charge in [-0.05, 0) is 47.9 Å². The van der Waals surface area contributed by atoms with E-state index >= 15 is 0 Å². The number of rotatable bonds is 3. The number of nitrogens with one attached hydrogen (secondary N) is 1. The van der Waals surface area contributed by atoms with Crippen LogP contribution in [0.25, 0.3) is 22.2 Å². The van der Waals surface area contributed by atoms with E-state index in [0.29, 0.717) is 12.0 Å². The number of aromatic amines is 1. The summed E-state index contributed by atoms with van der Waals surface area (Å²) >= 11 is 0. The molecule has 0 unspecified atom stereocenters. The minimum Gasteiger partial charge on any atom is -0.472 e. The fourth-order valence-electron chi connectivity index (χ4n) is 2.74. The van der Waals surface area contributed by atoms with Gasteiger partial charge in [0.1, 0.15) is 17.3 Å². The second kappa shape index (κ2) is 5.35. The summed E-state index contributed by atoms with van der Waals surface area (Å²) < 4.78 is 31.7. The third-order valence-electron chi connectivity index (χ3n) is 3.75. The Morgan fingerprint density at radius 1 is 0.957 bits per heavy atom. The van der Waals surface area contributed by atoms with Crippen LogP contribution in [0.5, 0.6) is 0 Å². The van der Waals surface area contributed by atoms with Crippen molar-refractivity contribution in [3.63, 3.8) is 0 Å². The zero-order valence-corrected chi connectivity index (χ0v) is 12.0. The molecule has 0 radical (unpaired) electrons. The number of nitrogens with zero attached hydrogens (tertiary/aromatic N) is 1. The minimum absolute atomic E-state index is 0.445. The van der Waals surface area contributed by atoms with Gasteiger partial charge in [-0.15, -0.1) is 0 Å². The second-order valence-electron chi connectivity index (χ2n) is 5.42. The second-order valence-corrected chi connectivity index (χ2v) is 5.42. The lowest BCUT2D eigenvalue weighted by molar-refractivity contribution is 0.568. The Labute approximate surface area is 130 Å². The van der Waals surface area contributed by atoms with E-state index < -0.39 is 11.6 Å². The van der Waals surface area contributed by atoms with E-state index in [1.807, 2.05) is 24.3 Å². The predicted molar refractivity (Wildman–Crippen MR) is 83.0 cm³/mol. The number of benzene rings is 2. The lowest BCUT2D eigenvalue weighted by Gasteiger charge is -2.04. The van der Waals surface area contributed by atoms with E-state index in [9.17, 15) is 8.78 Å². The van der Waals surface area contributed by atoms with Gasteiger partial charge in [0.25, 0.3) is 0 Å². The molecule has 0 amide bonds. The molecule has 0 fully saturated rings. The molecule has 0 aliphatic heterocycles. The van der Waals surface area contributed by atoms with Crippen molar-refractivity contribution in [2.45, 2.75) is 6.42 Å². The van der Waals surface area contributed by atoms with Crippen LogP contribution in [-0.2, 0) is 6.42 Å². The molecule has 114 valence electrons. The molecule has 2 heterocycles. The Kier molecular flexibility index (Phi) is 3.19. The van der Waals surface area contributed by atoms with Gasteiger partial charge in [-0.25, -0.2) is 8.78 Å². The summed E-state index contributed by atoms with van der Waals surface area (Å²) in [6.07, 6.45) is 3.67. The van der Waals surface area contributed by atoms with Crippen LogP contribution in [0.15, 0.2) is 59.4 Å². The normalized spacial score (nSPS) is 11.2. The highest BCUT2D eigenvalue weighted by Crippen LogP contribution is 2.28. The lowest BCUT2D eigenvalue weighted by atomic mass is 10.0. The van der Waals surface area contributed by atoms with Crippen molar-refractivity contribution >= 4 is 10.9 Å². The van der Waals surface area contributed by atoms with Gasteiger partial charge in [0.05, 0.1) is 18.0 Å². The van der Waals surface area contributed by atoms with Crippen LogP contribution in [0.4, 0.5) is 8.78 Å². The minimum atomic E-state index is -0.566. The van der Waals surface area contributed by atoms with Gasteiger partial charge in [0, 0.05) is 17.0 Å². The number of aromatic nitrogens is 2. The van der Waals surface area contributed by atoms with Gasteiger partial charge < -0.3 is 4.42 Å². The third-order valence-corrected chi connectivity index (χ3v) is 3.75. The molecular weight excluding hydrogens is 298 g/mol. The van der Waals surface area contributed by atoms with E-state index in [1.165, 1.54) is 12.1 Å². The molecule has 2 aromatic heterocycles. The van der Waals surface area contributed by atoms with E-state index in [2.05, 4.69) is 10.2 Å². The molecule has 0 bridgehead atoms. The summed E-state index contributed by atoms with van der Waals surface area (Å²) in [6, 6.07) is 11.2. The highest BCUT2D eigenvalue weighted by atomic mass is 19.1. The molecule has 0 aliphatic carbocycles. The van der Waals surface area contributed by atoms with E-state index in [0.717, 1.165) is 33.8 Å². The zero-order valence-electron chi connectivity index (χ0n) is 12.0. The highest BCUT2D eigenvalue weighted by Gasteiger charge is 2.10. The van der Waals surface area contributed by atoms with Crippen molar-refractivity contribution in [1.82, 2.24) is 10.2 Å². The van der Waals surface area contributed by atoms with Crippen LogP contribution < -0.4 is 0 Å². The van der Waals surface area contributed by atoms with Crippen molar-refractivity contribution in [3.8, 4) is 11.3 Å². The summed E-state index contributed by atoms with van der Waals surface area (Å²) in [5.74, 6) is -1.13. The summed E-state index contributed by atoms with van der Waals surface area (Å²) in [6.45, 7) is 0. The lowest BCUT2D eigenvalue weighted by Crippen LogP contribution is -1.91. The van der Waals surface area contributed by atoms with Gasteiger partial charge in [-0.1, -0.05) is 6.07 Å². The first-order chi connectivity index (χ1) is 11.2. The molecule has 5 heteroatoms. The van der Waals surface area contributed by atoms with Crippen molar-refractivity contribution in [1.29, 1.82) is 0 Å². The molecule has 4 rings (SSSR count). The van der Waals surface area contributed by atoms with Crippen molar-refractivity contribution in [2.24, 2.45) is 0 Å². The van der Waals surface area contributed by atoms with Gasteiger partial charge in [0.2, 0.25) is 0 Å². The maximum atomic E-state index is 13.3. The standard InChI is InChI=1S/C18H12F2N2O/c19-14-6-12(7-15(20)9-14)5-11-1-2-17-16(8-11)18(22-21-17)13-3-4-23-10-13/h1-4,6-10H,5H2,(H,21,22). The van der Waals surface area contributed by atoms with Crippen LogP contribution in [0.2, 0.25) is 0 Å². The molecule has 1 N–H and O–H groups in total. The summed E-state index contributed by atoms with van der Waals surface area (Å²) in [5, 5.41) is 8.23. The summed E-state index contributed by atoms with van der Waals surface area (Å²) in [5.41, 5.74) is 4.12. The number of halogens is 2. The molecule has 3 nitrogen and oxygen atoms in total. The Balaban J connectivity index is 1.75. The fraction of sp³-hybridized carbons (Fsp3) is 0.0556. The number of hydrogen-bond donors (Lipinski definition) is 1. The van der Waals surface area contributed by atoms with Crippen LogP contribution >= 0.6 is 0 Å². The Bertz CT molecular complexity index is 954. The largest absolute Gasteiger partial charge is 0.472 e. The Hall–Kier alpha value is -2.95. The molecule has 0 atom stereocenters. The van der Waals surface area contributed by atoms with E-state index in [1.54, 1.807) is 12.5 Å². The maximum Gasteiger partial charge on any atom is 0.126 e. The number of hydrogen-bond acceptors (Lipinski definition) is 2. The molecule has 0 aliphatic rings. The van der Waals surface area contributed by atoms with Crippen LogP contribution in [0, 0.1) is 11.6 Å². The SMILES string of the molecule is Fc1cc(F)cc(Cc2ccc3[nH]nc(-c4ccoc4)c3c2)c1. The van der Waals surface area contributed by atoms with Gasteiger partial charge in [-0.2, -0.15) is 5.10 Å². The van der Waals surface area contributed by atoms with Gasteiger partial charge in [0.15, 0.2) is 0 Å².